The molecule has 17 heteroatoms. The van der Waals surface area contributed by atoms with Gasteiger partial charge in [-0.2, -0.15) is 0 Å². The molecule has 1 saturated heterocycles. The van der Waals surface area contributed by atoms with E-state index in [1.54, 1.807) is 6.92 Å². The standard InChI is InChI=1S/C21H22BFN6O8S/c1-2-28-3-4-29(18(32)17(28)31)21(35)27-14(12-8-38-20(24)25-12)16(30)26-13-6-9-5-10(23)7-11(19(33)34)15(9)37-22(13)36/h5,7-8,13-14,36H,2-4,6H2,1H3,(H2,24,25)(H,26,30)(H,27,35)(H,33,34)/t13-,14?/m0/s1. The molecule has 1 fully saturated rings. The number of carbonyl (C=O) groups excluding carboxylic acids is 4. The molecule has 0 spiro atoms. The maximum absolute atomic E-state index is 14.0. The number of carboxylic acid groups (broad SMARTS) is 1. The van der Waals surface area contributed by atoms with E-state index in [0.29, 0.717) is 4.90 Å². The van der Waals surface area contributed by atoms with E-state index >= 15 is 0 Å². The van der Waals surface area contributed by atoms with Crippen LogP contribution in [0.3, 0.4) is 0 Å². The van der Waals surface area contributed by atoms with Crippen molar-refractivity contribution in [3.8, 4) is 5.75 Å². The number of imide groups is 1. The average molecular weight is 548 g/mol. The number of piperazine rings is 1. The van der Waals surface area contributed by atoms with Crippen molar-refractivity contribution in [3.05, 3.63) is 40.2 Å². The fourth-order valence-electron chi connectivity index (χ4n) is 4.11. The highest BCUT2D eigenvalue weighted by Gasteiger charge is 2.41. The van der Waals surface area contributed by atoms with Gasteiger partial charge in [0.1, 0.15) is 17.1 Å². The van der Waals surface area contributed by atoms with Crippen molar-refractivity contribution in [2.24, 2.45) is 0 Å². The number of likely N-dealkylation sites (N-methyl/N-ethyl adjacent to an activating group) is 1. The van der Waals surface area contributed by atoms with Crippen molar-refractivity contribution in [3.63, 3.8) is 0 Å². The van der Waals surface area contributed by atoms with Crippen molar-refractivity contribution in [1.82, 2.24) is 25.4 Å². The molecule has 200 valence electrons. The monoisotopic (exact) mass is 548 g/mol. The highest BCUT2D eigenvalue weighted by Crippen LogP contribution is 2.31. The number of halogens is 1. The number of thiazole rings is 1. The zero-order chi connectivity index (χ0) is 27.7. The molecule has 6 N–H and O–H groups in total. The molecule has 2 aliphatic heterocycles. The summed E-state index contributed by atoms with van der Waals surface area (Å²) >= 11 is 0.983. The van der Waals surface area contributed by atoms with Crippen molar-refractivity contribution in [2.75, 3.05) is 25.4 Å². The normalized spacial score (nSPS) is 18.0. The smallest absolute Gasteiger partial charge is 0.534 e. The fraction of sp³-hybridized carbons (Fsp3) is 0.333. The number of carboxylic acids is 1. The Morgan fingerprint density at radius 3 is 2.68 bits per heavy atom. The highest BCUT2D eigenvalue weighted by atomic mass is 32.1. The Kier molecular flexibility index (Phi) is 7.50. The Bertz CT molecular complexity index is 1320. The molecule has 0 aliphatic carbocycles. The van der Waals surface area contributed by atoms with Crippen molar-refractivity contribution < 1.29 is 43.1 Å². The van der Waals surface area contributed by atoms with Crippen LogP contribution in [-0.4, -0.2) is 87.3 Å². The molecule has 1 aromatic heterocycles. The lowest BCUT2D eigenvalue weighted by Crippen LogP contribution is -2.60. The number of rotatable bonds is 6. The van der Waals surface area contributed by atoms with Crippen LogP contribution in [0.15, 0.2) is 17.5 Å². The summed E-state index contributed by atoms with van der Waals surface area (Å²) in [5, 5.41) is 26.1. The molecule has 0 radical (unpaired) electrons. The minimum atomic E-state index is -1.71. The molecule has 5 amide bonds. The summed E-state index contributed by atoms with van der Waals surface area (Å²) in [5.41, 5.74) is 5.30. The lowest BCUT2D eigenvalue weighted by atomic mass is 9.72. The number of benzene rings is 1. The summed E-state index contributed by atoms with van der Waals surface area (Å²) in [7, 11) is -1.71. The minimum absolute atomic E-state index is 0.0233. The van der Waals surface area contributed by atoms with E-state index < -0.39 is 60.2 Å². The largest absolute Gasteiger partial charge is 0.547 e. The minimum Gasteiger partial charge on any atom is -0.534 e. The van der Waals surface area contributed by atoms with Crippen molar-refractivity contribution >= 4 is 53.3 Å². The van der Waals surface area contributed by atoms with E-state index in [1.807, 2.05) is 0 Å². The number of anilines is 1. The number of aromatic nitrogens is 1. The van der Waals surface area contributed by atoms with Gasteiger partial charge in [-0.15, -0.1) is 11.3 Å². The molecular formula is C21H22BFN6O8S. The zero-order valence-electron chi connectivity index (χ0n) is 19.8. The fourth-order valence-corrected chi connectivity index (χ4v) is 4.70. The van der Waals surface area contributed by atoms with Gasteiger partial charge in [0.05, 0.1) is 11.6 Å². The third-order valence-corrected chi connectivity index (χ3v) is 6.70. The van der Waals surface area contributed by atoms with Gasteiger partial charge in [0.25, 0.3) is 0 Å². The Labute approximate surface area is 218 Å². The third kappa shape index (κ3) is 5.23. The molecule has 1 unspecified atom stereocenters. The van der Waals surface area contributed by atoms with Gasteiger partial charge in [0.15, 0.2) is 11.2 Å². The van der Waals surface area contributed by atoms with Gasteiger partial charge in [-0.05, 0) is 31.0 Å². The molecule has 4 rings (SSSR count). The summed E-state index contributed by atoms with van der Waals surface area (Å²) < 4.78 is 19.3. The molecule has 38 heavy (non-hydrogen) atoms. The van der Waals surface area contributed by atoms with Crippen LogP contribution < -0.4 is 21.0 Å². The van der Waals surface area contributed by atoms with Crippen LogP contribution in [0.1, 0.15) is 34.6 Å². The molecule has 0 saturated carbocycles. The number of hydrogen-bond donors (Lipinski definition) is 5. The maximum Gasteiger partial charge on any atom is 0.547 e. The maximum atomic E-state index is 14.0. The number of fused-ring (bicyclic) bond motifs is 1. The number of carbonyl (C=O) groups is 5. The van der Waals surface area contributed by atoms with E-state index in [0.717, 1.165) is 23.5 Å². The zero-order valence-corrected chi connectivity index (χ0v) is 20.7. The van der Waals surface area contributed by atoms with Gasteiger partial charge in [-0.25, -0.2) is 19.0 Å². The first-order chi connectivity index (χ1) is 18.0. The molecule has 2 atom stereocenters. The van der Waals surface area contributed by atoms with Gasteiger partial charge in [-0.3, -0.25) is 19.3 Å². The van der Waals surface area contributed by atoms with Crippen LogP contribution in [0.25, 0.3) is 0 Å². The number of nitrogen functional groups attached to an aromatic ring is 1. The Morgan fingerprint density at radius 1 is 1.32 bits per heavy atom. The average Bonchev–Trinajstić information content (AvgIpc) is 3.29. The number of urea groups is 1. The van der Waals surface area contributed by atoms with Crippen LogP contribution in [0.4, 0.5) is 14.3 Å². The number of nitrogens with two attached hydrogens (primary N) is 1. The summed E-state index contributed by atoms with van der Waals surface area (Å²) in [4.78, 5) is 68.2. The predicted molar refractivity (Wildman–Crippen MR) is 129 cm³/mol. The van der Waals surface area contributed by atoms with Crippen molar-refractivity contribution in [1.29, 1.82) is 0 Å². The lowest BCUT2D eigenvalue weighted by Gasteiger charge is -2.33. The first-order valence-electron chi connectivity index (χ1n) is 11.3. The molecule has 1 aromatic carbocycles. The Hall–Kier alpha value is -4.25. The van der Waals surface area contributed by atoms with Crippen LogP contribution in [0, 0.1) is 5.82 Å². The first kappa shape index (κ1) is 26.8. The second-order valence-electron chi connectivity index (χ2n) is 8.41. The number of hydrogen-bond acceptors (Lipinski definition) is 10. The van der Waals surface area contributed by atoms with E-state index in [4.69, 9.17) is 10.4 Å². The number of nitrogens with one attached hydrogen (secondary N) is 2. The van der Waals surface area contributed by atoms with Crippen LogP contribution in [0.5, 0.6) is 5.75 Å². The molecule has 14 nitrogen and oxygen atoms in total. The highest BCUT2D eigenvalue weighted by molar-refractivity contribution is 7.13. The summed E-state index contributed by atoms with van der Waals surface area (Å²) in [6.07, 6.45) is -0.202. The van der Waals surface area contributed by atoms with Crippen molar-refractivity contribution in [2.45, 2.75) is 25.3 Å². The van der Waals surface area contributed by atoms with Gasteiger partial charge in [0, 0.05) is 25.0 Å². The van der Waals surface area contributed by atoms with Gasteiger partial charge >= 0.3 is 30.9 Å². The van der Waals surface area contributed by atoms with E-state index in [-0.39, 0.29) is 48.2 Å². The Balaban J connectivity index is 1.54. The second-order valence-corrected chi connectivity index (χ2v) is 9.30. The SMILES string of the molecule is CCN1CCN(C(=O)NC(C(=O)N[C@H]2Cc3cc(F)cc(C(=O)O)c3OB2O)c2csc(N)n2)C(=O)C1=O. The third-order valence-electron chi connectivity index (χ3n) is 6.01. The molecule has 2 aromatic rings. The van der Waals surface area contributed by atoms with E-state index in [2.05, 4.69) is 15.6 Å². The van der Waals surface area contributed by atoms with Crippen LogP contribution in [0.2, 0.25) is 0 Å². The second kappa shape index (κ2) is 10.6. The van der Waals surface area contributed by atoms with Gasteiger partial charge in [0.2, 0.25) is 5.91 Å². The summed E-state index contributed by atoms with van der Waals surface area (Å²) in [6.45, 7) is 2.00. The van der Waals surface area contributed by atoms with Gasteiger partial charge in [-0.1, -0.05) is 0 Å². The van der Waals surface area contributed by atoms with E-state index in [1.165, 1.54) is 10.3 Å². The van der Waals surface area contributed by atoms with Gasteiger partial charge < -0.3 is 36.1 Å². The lowest BCUT2D eigenvalue weighted by molar-refractivity contribution is -0.153. The van der Waals surface area contributed by atoms with E-state index in [9.17, 15) is 38.5 Å². The predicted octanol–water partition coefficient (Wildman–Crippen LogP) is -0.856. The Morgan fingerprint density at radius 2 is 2.05 bits per heavy atom. The topological polar surface area (TPSA) is 204 Å². The molecule has 0 bridgehead atoms. The molecular weight excluding hydrogens is 526 g/mol. The summed E-state index contributed by atoms with van der Waals surface area (Å²) in [6, 6.07) is -0.757. The number of aromatic carboxylic acids is 1. The molecule has 2 aliphatic rings. The molecule has 3 heterocycles. The first-order valence-corrected chi connectivity index (χ1v) is 12.2. The number of nitrogens with zero attached hydrogens (tertiary/aromatic N) is 3. The summed E-state index contributed by atoms with van der Waals surface area (Å²) in [5.74, 6) is -6.53. The van der Waals surface area contributed by atoms with Crippen LogP contribution in [-0.2, 0) is 20.8 Å². The van der Waals surface area contributed by atoms with Crippen LogP contribution >= 0.6 is 11.3 Å². The number of amides is 5. The quantitative estimate of drug-likeness (QED) is 0.223.